The maximum absolute atomic E-state index is 13.3. The highest BCUT2D eigenvalue weighted by Crippen LogP contribution is 2.28. The summed E-state index contributed by atoms with van der Waals surface area (Å²) in [6.45, 7) is 0. The quantitative estimate of drug-likeness (QED) is 0.876. The van der Waals surface area contributed by atoms with Crippen molar-refractivity contribution >= 4 is 38.9 Å². The molecule has 2 rings (SSSR count). The molecule has 0 radical (unpaired) electrons. The maximum atomic E-state index is 13.3. The zero-order valence-corrected chi connectivity index (χ0v) is 11.9. The number of halogens is 3. The van der Waals surface area contributed by atoms with Crippen LogP contribution in [0.2, 0.25) is 5.02 Å². The molecular weight excluding hydrogens is 325 g/mol. The summed E-state index contributed by atoms with van der Waals surface area (Å²) >= 11 is 10.6. The molecular formula is C12H10BrClFNS. The van der Waals surface area contributed by atoms with Crippen LogP contribution >= 0.6 is 38.9 Å². The molecule has 0 bridgehead atoms. The van der Waals surface area contributed by atoms with Gasteiger partial charge in [0, 0.05) is 10.9 Å². The summed E-state index contributed by atoms with van der Waals surface area (Å²) in [6.07, 6.45) is 0.598. The Labute approximate surface area is 117 Å². The number of hydrogen-bond donors (Lipinski definition) is 1. The van der Waals surface area contributed by atoms with Crippen LogP contribution in [0.25, 0.3) is 0 Å². The average molecular weight is 335 g/mol. The normalized spacial score (nSPS) is 12.7. The van der Waals surface area contributed by atoms with Crippen molar-refractivity contribution < 1.29 is 4.39 Å². The summed E-state index contributed by atoms with van der Waals surface area (Å²) in [4.78, 5) is 1.08. The third-order valence-electron chi connectivity index (χ3n) is 2.40. The van der Waals surface area contributed by atoms with Gasteiger partial charge in [-0.25, -0.2) is 4.39 Å². The zero-order valence-electron chi connectivity index (χ0n) is 8.79. The topological polar surface area (TPSA) is 26.0 Å². The summed E-state index contributed by atoms with van der Waals surface area (Å²) in [5.74, 6) is -0.399. The lowest BCUT2D eigenvalue weighted by Gasteiger charge is -2.09. The highest BCUT2D eigenvalue weighted by Gasteiger charge is 2.10. The third kappa shape index (κ3) is 3.28. The van der Waals surface area contributed by atoms with E-state index in [1.807, 2.05) is 12.1 Å². The Morgan fingerprint density at radius 1 is 1.35 bits per heavy atom. The lowest BCUT2D eigenvalue weighted by Crippen LogP contribution is -2.11. The molecule has 0 fully saturated rings. The summed E-state index contributed by atoms with van der Waals surface area (Å²) in [5, 5.41) is 0.140. The van der Waals surface area contributed by atoms with Crippen LogP contribution in [0, 0.1) is 5.82 Å². The molecule has 0 aliphatic rings. The Morgan fingerprint density at radius 2 is 2.12 bits per heavy atom. The van der Waals surface area contributed by atoms with Gasteiger partial charge in [0.25, 0.3) is 0 Å². The van der Waals surface area contributed by atoms with Crippen LogP contribution in [-0.4, -0.2) is 0 Å². The van der Waals surface area contributed by atoms with Gasteiger partial charge < -0.3 is 5.73 Å². The van der Waals surface area contributed by atoms with E-state index < -0.39 is 5.82 Å². The first kappa shape index (κ1) is 13.0. The van der Waals surface area contributed by atoms with Crippen molar-refractivity contribution in [3.63, 3.8) is 0 Å². The fourth-order valence-electron chi connectivity index (χ4n) is 1.55. The standard InChI is InChI=1S/C12H10BrClFNS/c13-12-4-3-11(17-12)10(16)6-7-1-2-8(14)9(15)5-7/h1-5,10H,6,16H2. The minimum atomic E-state index is -0.399. The Bertz CT molecular complexity index is 529. The van der Waals surface area contributed by atoms with Crippen LogP contribution in [0.3, 0.4) is 0 Å². The summed E-state index contributed by atoms with van der Waals surface area (Å²) in [5.41, 5.74) is 6.91. The van der Waals surface area contributed by atoms with E-state index >= 15 is 0 Å². The molecule has 0 saturated heterocycles. The summed E-state index contributed by atoms with van der Waals surface area (Å²) < 4.78 is 14.3. The number of hydrogen-bond acceptors (Lipinski definition) is 2. The van der Waals surface area contributed by atoms with Crippen molar-refractivity contribution in [3.05, 3.63) is 55.4 Å². The molecule has 2 N–H and O–H groups in total. The predicted octanol–water partition coefficient (Wildman–Crippen LogP) is 4.55. The lowest BCUT2D eigenvalue weighted by atomic mass is 10.1. The second kappa shape index (κ2) is 5.48. The lowest BCUT2D eigenvalue weighted by molar-refractivity contribution is 0.623. The molecule has 1 aromatic carbocycles. The van der Waals surface area contributed by atoms with Gasteiger partial charge in [-0.05, 0) is 52.2 Å². The molecule has 1 unspecified atom stereocenters. The maximum Gasteiger partial charge on any atom is 0.142 e. The molecule has 0 saturated carbocycles. The first-order valence-corrected chi connectivity index (χ1v) is 7.00. The van der Waals surface area contributed by atoms with Crippen LogP contribution in [-0.2, 0) is 6.42 Å². The summed E-state index contributed by atoms with van der Waals surface area (Å²) in [7, 11) is 0. The Balaban J connectivity index is 2.12. The average Bonchev–Trinajstić information content (AvgIpc) is 2.70. The fourth-order valence-corrected chi connectivity index (χ4v) is 3.09. The molecule has 1 heterocycles. The first-order valence-electron chi connectivity index (χ1n) is 5.01. The summed E-state index contributed by atoms with van der Waals surface area (Å²) in [6, 6.07) is 8.61. The monoisotopic (exact) mass is 333 g/mol. The van der Waals surface area contributed by atoms with Crippen molar-refractivity contribution in [2.24, 2.45) is 5.73 Å². The van der Waals surface area contributed by atoms with E-state index in [-0.39, 0.29) is 11.1 Å². The van der Waals surface area contributed by atoms with Gasteiger partial charge >= 0.3 is 0 Å². The Morgan fingerprint density at radius 3 is 2.71 bits per heavy atom. The molecule has 1 aromatic heterocycles. The third-order valence-corrected chi connectivity index (χ3v) is 4.46. The van der Waals surface area contributed by atoms with Gasteiger partial charge in [0.05, 0.1) is 8.81 Å². The molecule has 90 valence electrons. The van der Waals surface area contributed by atoms with Gasteiger partial charge in [-0.3, -0.25) is 0 Å². The Kier molecular flexibility index (Phi) is 4.20. The Hall–Kier alpha value is -0.420. The largest absolute Gasteiger partial charge is 0.323 e. The van der Waals surface area contributed by atoms with Crippen LogP contribution in [0.15, 0.2) is 34.1 Å². The van der Waals surface area contributed by atoms with E-state index in [2.05, 4.69) is 15.9 Å². The predicted molar refractivity (Wildman–Crippen MR) is 74.1 cm³/mol. The number of nitrogens with two attached hydrogens (primary N) is 1. The van der Waals surface area contributed by atoms with Gasteiger partial charge in [-0.1, -0.05) is 17.7 Å². The first-order chi connectivity index (χ1) is 8.06. The van der Waals surface area contributed by atoms with Gasteiger partial charge in [-0.15, -0.1) is 11.3 Å². The van der Waals surface area contributed by atoms with E-state index in [0.29, 0.717) is 6.42 Å². The molecule has 0 aliphatic heterocycles. The van der Waals surface area contributed by atoms with Crippen molar-refractivity contribution in [2.45, 2.75) is 12.5 Å². The van der Waals surface area contributed by atoms with Crippen LogP contribution in [0.5, 0.6) is 0 Å². The number of thiophene rings is 1. The van der Waals surface area contributed by atoms with Crippen molar-refractivity contribution in [1.82, 2.24) is 0 Å². The van der Waals surface area contributed by atoms with Crippen LogP contribution in [0.4, 0.5) is 4.39 Å². The molecule has 5 heteroatoms. The zero-order chi connectivity index (χ0) is 12.4. The second-order valence-electron chi connectivity index (χ2n) is 3.70. The molecule has 0 amide bonds. The molecule has 0 aliphatic carbocycles. The molecule has 0 spiro atoms. The molecule has 1 nitrogen and oxygen atoms in total. The highest BCUT2D eigenvalue weighted by atomic mass is 79.9. The number of rotatable bonds is 3. The minimum absolute atomic E-state index is 0.119. The van der Waals surface area contributed by atoms with Gasteiger partial charge in [-0.2, -0.15) is 0 Å². The van der Waals surface area contributed by atoms with Gasteiger partial charge in [0.2, 0.25) is 0 Å². The van der Waals surface area contributed by atoms with E-state index in [9.17, 15) is 4.39 Å². The van der Waals surface area contributed by atoms with Crippen molar-refractivity contribution in [2.75, 3.05) is 0 Å². The second-order valence-corrected chi connectivity index (χ2v) is 6.60. The SMILES string of the molecule is NC(Cc1ccc(Cl)c(F)c1)c1ccc(Br)s1. The van der Waals surface area contributed by atoms with Crippen LogP contribution < -0.4 is 5.73 Å². The van der Waals surface area contributed by atoms with Crippen LogP contribution in [0.1, 0.15) is 16.5 Å². The van der Waals surface area contributed by atoms with Gasteiger partial charge in [0.15, 0.2) is 0 Å². The minimum Gasteiger partial charge on any atom is -0.323 e. The van der Waals surface area contributed by atoms with Crippen molar-refractivity contribution in [1.29, 1.82) is 0 Å². The van der Waals surface area contributed by atoms with E-state index in [1.54, 1.807) is 23.5 Å². The molecule has 2 aromatic rings. The highest BCUT2D eigenvalue weighted by molar-refractivity contribution is 9.11. The molecule has 1 atom stereocenters. The molecule has 17 heavy (non-hydrogen) atoms. The number of benzene rings is 1. The fraction of sp³-hybridized carbons (Fsp3) is 0.167. The van der Waals surface area contributed by atoms with E-state index in [1.165, 1.54) is 6.07 Å². The smallest absolute Gasteiger partial charge is 0.142 e. The van der Waals surface area contributed by atoms with E-state index in [4.69, 9.17) is 17.3 Å². The van der Waals surface area contributed by atoms with Crippen molar-refractivity contribution in [3.8, 4) is 0 Å². The van der Waals surface area contributed by atoms with E-state index in [0.717, 1.165) is 14.2 Å². The van der Waals surface area contributed by atoms with Gasteiger partial charge in [0.1, 0.15) is 5.82 Å².